The first kappa shape index (κ1) is 60.3. The summed E-state index contributed by atoms with van der Waals surface area (Å²) in [6.45, 7) is 7.49. The third-order valence-corrected chi connectivity index (χ3v) is 10.5. The van der Waals surface area contributed by atoms with Crippen LogP contribution in [0.2, 0.25) is 0 Å². The summed E-state index contributed by atoms with van der Waals surface area (Å²) in [5.74, 6) is -0.526. The number of esters is 2. The lowest BCUT2D eigenvalue weighted by atomic mass is 10.1. The Morgan fingerprint density at radius 2 is 0.734 bits per heavy atom. The molecule has 1 atom stereocenters. The molecule has 362 valence electrons. The molecule has 0 saturated carbocycles. The van der Waals surface area contributed by atoms with Crippen molar-refractivity contribution in [2.45, 2.75) is 219 Å². The molecule has 0 amide bonds. The molecule has 0 heterocycles. The molecule has 0 aliphatic rings. The minimum absolute atomic E-state index is 0.0294. The highest BCUT2D eigenvalue weighted by molar-refractivity contribution is 5.70. The summed E-state index contributed by atoms with van der Waals surface area (Å²) in [5.41, 5.74) is 0. The predicted octanol–water partition coefficient (Wildman–Crippen LogP) is 17.8. The van der Waals surface area contributed by atoms with E-state index in [2.05, 4.69) is 136 Å². The Morgan fingerprint density at radius 1 is 0.359 bits per heavy atom. The van der Waals surface area contributed by atoms with Crippen molar-refractivity contribution in [2.24, 2.45) is 0 Å². The molecular formula is C59H96O5. The highest BCUT2D eigenvalue weighted by Gasteiger charge is 2.17. The van der Waals surface area contributed by atoms with Gasteiger partial charge in [0.05, 0.1) is 6.61 Å². The molecule has 0 aliphatic heterocycles. The van der Waals surface area contributed by atoms with Gasteiger partial charge in [-0.05, 0) is 96.3 Å². The van der Waals surface area contributed by atoms with E-state index in [1.54, 1.807) is 0 Å². The van der Waals surface area contributed by atoms with E-state index in [1.165, 1.54) is 64.2 Å². The molecule has 0 aromatic rings. The normalized spacial score (nSPS) is 13.2. The van der Waals surface area contributed by atoms with Crippen LogP contribution in [0, 0.1) is 0 Å². The first-order chi connectivity index (χ1) is 31.6. The van der Waals surface area contributed by atoms with Gasteiger partial charge in [-0.25, -0.2) is 0 Å². The fourth-order valence-corrected chi connectivity index (χ4v) is 6.70. The maximum Gasteiger partial charge on any atom is 0.306 e. The number of ether oxygens (including phenoxy) is 3. The van der Waals surface area contributed by atoms with E-state index in [-0.39, 0.29) is 25.2 Å². The smallest absolute Gasteiger partial charge is 0.306 e. The number of unbranched alkanes of at least 4 members (excludes halogenated alkanes) is 15. The van der Waals surface area contributed by atoms with E-state index in [0.717, 1.165) is 109 Å². The van der Waals surface area contributed by atoms with Crippen LogP contribution < -0.4 is 0 Å². The molecule has 64 heavy (non-hydrogen) atoms. The largest absolute Gasteiger partial charge is 0.462 e. The van der Waals surface area contributed by atoms with E-state index >= 15 is 0 Å². The molecule has 0 aliphatic carbocycles. The minimum atomic E-state index is -0.585. The number of hydrogen-bond acceptors (Lipinski definition) is 5. The number of hydrogen-bond donors (Lipinski definition) is 0. The molecule has 0 spiro atoms. The molecule has 5 heteroatoms. The maximum atomic E-state index is 12.8. The van der Waals surface area contributed by atoms with E-state index < -0.39 is 6.10 Å². The average Bonchev–Trinajstić information content (AvgIpc) is 3.30. The van der Waals surface area contributed by atoms with Crippen molar-refractivity contribution in [3.05, 3.63) is 122 Å². The zero-order valence-corrected chi connectivity index (χ0v) is 41.5. The van der Waals surface area contributed by atoms with Crippen LogP contribution in [0.25, 0.3) is 0 Å². The van der Waals surface area contributed by atoms with Crippen molar-refractivity contribution in [2.75, 3.05) is 19.8 Å². The molecular weight excluding hydrogens is 789 g/mol. The van der Waals surface area contributed by atoms with Crippen molar-refractivity contribution in [1.82, 2.24) is 0 Å². The van der Waals surface area contributed by atoms with E-state index in [0.29, 0.717) is 25.9 Å². The Morgan fingerprint density at radius 3 is 1.19 bits per heavy atom. The molecule has 0 aromatic carbocycles. The highest BCUT2D eigenvalue weighted by Crippen LogP contribution is 2.13. The Bertz CT molecular complexity index is 1320. The molecule has 0 bridgehead atoms. The van der Waals surface area contributed by atoms with Gasteiger partial charge in [0.15, 0.2) is 6.10 Å². The SMILES string of the molecule is CC/C=C\C/C=C\C/C=C\C/C=C\C/C=C\C/C=C\CCC(=O)OCC(COCCCCCCCCCCCCCC)OC(=O)CCCCCC/C=C\C/C=C\C/C=C\C/C=C\CC. The van der Waals surface area contributed by atoms with Gasteiger partial charge in [-0.3, -0.25) is 9.59 Å². The molecule has 0 aromatic heterocycles. The first-order valence-electron chi connectivity index (χ1n) is 26.1. The monoisotopic (exact) mass is 885 g/mol. The number of carbonyl (C=O) groups excluding carboxylic acids is 2. The molecule has 0 radical (unpaired) electrons. The van der Waals surface area contributed by atoms with Crippen molar-refractivity contribution in [3.63, 3.8) is 0 Å². The summed E-state index contributed by atoms with van der Waals surface area (Å²) in [6, 6.07) is 0. The molecule has 0 rings (SSSR count). The fraction of sp³-hybridized carbons (Fsp3) is 0.627. The van der Waals surface area contributed by atoms with Crippen LogP contribution in [0.4, 0.5) is 0 Å². The van der Waals surface area contributed by atoms with Crippen LogP contribution in [0.5, 0.6) is 0 Å². The van der Waals surface area contributed by atoms with E-state index in [9.17, 15) is 9.59 Å². The predicted molar refractivity (Wildman–Crippen MR) is 279 cm³/mol. The lowest BCUT2D eigenvalue weighted by molar-refractivity contribution is -0.162. The van der Waals surface area contributed by atoms with Crippen molar-refractivity contribution in [1.29, 1.82) is 0 Å². The van der Waals surface area contributed by atoms with Gasteiger partial charge in [0.2, 0.25) is 0 Å². The van der Waals surface area contributed by atoms with Gasteiger partial charge in [0.25, 0.3) is 0 Å². The second-order valence-electron chi connectivity index (χ2n) is 16.7. The fourth-order valence-electron chi connectivity index (χ4n) is 6.70. The Hall–Kier alpha value is -3.70. The average molecular weight is 885 g/mol. The van der Waals surface area contributed by atoms with Crippen LogP contribution in [-0.2, 0) is 23.8 Å². The van der Waals surface area contributed by atoms with Crippen LogP contribution in [0.3, 0.4) is 0 Å². The first-order valence-corrected chi connectivity index (χ1v) is 26.1. The molecule has 0 saturated heterocycles. The van der Waals surface area contributed by atoms with Gasteiger partial charge < -0.3 is 14.2 Å². The quantitative estimate of drug-likeness (QED) is 0.0346. The number of carbonyl (C=O) groups is 2. The Labute approximate surface area is 395 Å². The maximum absolute atomic E-state index is 12.8. The summed E-state index contributed by atoms with van der Waals surface area (Å²) in [5, 5.41) is 0. The summed E-state index contributed by atoms with van der Waals surface area (Å²) < 4.78 is 17.3. The van der Waals surface area contributed by atoms with E-state index in [1.807, 2.05) is 6.08 Å². The highest BCUT2D eigenvalue weighted by atomic mass is 16.6. The zero-order valence-electron chi connectivity index (χ0n) is 41.5. The Kier molecular flexibility index (Phi) is 50.5. The van der Waals surface area contributed by atoms with Gasteiger partial charge in [-0.15, -0.1) is 0 Å². The van der Waals surface area contributed by atoms with Gasteiger partial charge in [-0.2, -0.15) is 0 Å². The summed E-state index contributed by atoms with van der Waals surface area (Å²) in [6.07, 6.45) is 75.0. The van der Waals surface area contributed by atoms with Crippen molar-refractivity contribution < 1.29 is 23.8 Å². The summed E-state index contributed by atoms with van der Waals surface area (Å²) in [7, 11) is 0. The third-order valence-electron chi connectivity index (χ3n) is 10.5. The van der Waals surface area contributed by atoms with Crippen molar-refractivity contribution >= 4 is 11.9 Å². The number of rotatable bonds is 46. The zero-order chi connectivity index (χ0) is 46.3. The standard InChI is InChI=1S/C59H96O5/c1-4-7-10-13-16-19-22-25-27-29-30-32-33-35-37-40-43-46-49-52-58(60)63-56-57(55-62-54-51-48-45-42-39-24-21-18-15-12-9-6-3)64-59(61)53-50-47-44-41-38-36-34-31-28-26-23-20-17-14-11-8-5-2/h7-8,10-11,16-17,19-20,25-28,30,32,34-37,43,46,57H,4-6,9,12-15,18,21-24,29,31,33,38-42,44-45,47-56H2,1-3H3/b10-7-,11-8-,19-16-,20-17-,27-25-,28-26-,32-30-,36-34-,37-35-,46-43-. The van der Waals surface area contributed by atoms with Crippen LogP contribution in [0.1, 0.15) is 213 Å². The topological polar surface area (TPSA) is 61.8 Å². The lowest BCUT2D eigenvalue weighted by Gasteiger charge is -2.18. The van der Waals surface area contributed by atoms with Gasteiger partial charge in [0, 0.05) is 19.4 Å². The molecule has 0 fully saturated rings. The van der Waals surface area contributed by atoms with Crippen molar-refractivity contribution in [3.8, 4) is 0 Å². The number of allylic oxidation sites excluding steroid dienone is 20. The summed E-state index contributed by atoms with van der Waals surface area (Å²) >= 11 is 0. The van der Waals surface area contributed by atoms with Gasteiger partial charge in [0.1, 0.15) is 6.61 Å². The van der Waals surface area contributed by atoms with E-state index in [4.69, 9.17) is 14.2 Å². The van der Waals surface area contributed by atoms with Crippen LogP contribution in [-0.4, -0.2) is 37.9 Å². The molecule has 5 nitrogen and oxygen atoms in total. The molecule has 0 N–H and O–H groups in total. The second-order valence-corrected chi connectivity index (χ2v) is 16.7. The minimum Gasteiger partial charge on any atom is -0.462 e. The Balaban J connectivity index is 4.44. The second kappa shape index (κ2) is 53.6. The molecule has 1 unspecified atom stereocenters. The van der Waals surface area contributed by atoms with Crippen LogP contribution >= 0.6 is 0 Å². The summed E-state index contributed by atoms with van der Waals surface area (Å²) in [4.78, 5) is 25.4. The van der Waals surface area contributed by atoms with Gasteiger partial charge >= 0.3 is 11.9 Å². The van der Waals surface area contributed by atoms with Gasteiger partial charge in [-0.1, -0.05) is 226 Å². The lowest BCUT2D eigenvalue weighted by Crippen LogP contribution is -2.30. The third kappa shape index (κ3) is 50.9. The van der Waals surface area contributed by atoms with Crippen LogP contribution in [0.15, 0.2) is 122 Å².